The molecule has 0 N–H and O–H groups in total. The van der Waals surface area contributed by atoms with Crippen LogP contribution in [0.2, 0.25) is 0 Å². The number of fused-ring (bicyclic) bond motifs is 1. The monoisotopic (exact) mass is 291 g/mol. The second kappa shape index (κ2) is 5.13. The van der Waals surface area contributed by atoms with Crippen molar-refractivity contribution in [3.05, 3.63) is 28.9 Å². The molecule has 5 nitrogen and oxygen atoms in total. The predicted octanol–water partition coefficient (Wildman–Crippen LogP) is 3.02. The summed E-state index contributed by atoms with van der Waals surface area (Å²) in [4.78, 5) is 17.0. The van der Waals surface area contributed by atoms with Crippen LogP contribution in [0.1, 0.15) is 22.4 Å². The average Bonchev–Trinajstić information content (AvgIpc) is 3.04. The minimum atomic E-state index is -0.399. The van der Waals surface area contributed by atoms with E-state index in [2.05, 4.69) is 4.98 Å². The lowest BCUT2D eigenvalue weighted by molar-refractivity contribution is 0.0521. The van der Waals surface area contributed by atoms with Gasteiger partial charge in [-0.3, -0.25) is 0 Å². The number of hydrogen-bond donors (Lipinski definition) is 0. The van der Waals surface area contributed by atoms with E-state index < -0.39 is 5.97 Å². The van der Waals surface area contributed by atoms with Gasteiger partial charge in [0.25, 0.3) is 0 Å². The molecule has 1 aromatic carbocycles. The van der Waals surface area contributed by atoms with Gasteiger partial charge in [0.05, 0.1) is 16.5 Å². The van der Waals surface area contributed by atoms with Crippen molar-refractivity contribution in [3.63, 3.8) is 0 Å². The van der Waals surface area contributed by atoms with Crippen LogP contribution in [0, 0.1) is 6.92 Å². The van der Waals surface area contributed by atoms with Crippen LogP contribution in [-0.2, 0) is 4.74 Å². The van der Waals surface area contributed by atoms with E-state index in [0.717, 1.165) is 15.4 Å². The van der Waals surface area contributed by atoms with Gasteiger partial charge < -0.3 is 14.2 Å². The van der Waals surface area contributed by atoms with E-state index in [4.69, 9.17) is 14.2 Å². The van der Waals surface area contributed by atoms with Gasteiger partial charge in [0.2, 0.25) is 6.79 Å². The quantitative estimate of drug-likeness (QED) is 0.814. The summed E-state index contributed by atoms with van der Waals surface area (Å²) in [6.45, 7) is 4.20. The first-order valence-corrected chi connectivity index (χ1v) is 7.05. The molecule has 1 aliphatic heterocycles. The molecular weight excluding hydrogens is 278 g/mol. The SMILES string of the molecule is CCOC(=O)c1nc(C)sc1-c1ccc2c(c1)OCO2. The van der Waals surface area contributed by atoms with Crippen molar-refractivity contribution in [2.45, 2.75) is 13.8 Å². The third-order valence-electron chi connectivity index (χ3n) is 2.84. The highest BCUT2D eigenvalue weighted by atomic mass is 32.1. The zero-order valence-corrected chi connectivity index (χ0v) is 12.0. The molecule has 0 radical (unpaired) electrons. The van der Waals surface area contributed by atoms with Crippen LogP contribution in [-0.4, -0.2) is 24.4 Å². The third kappa shape index (κ3) is 2.22. The Bertz CT molecular complexity index is 665. The Morgan fingerprint density at radius 1 is 1.40 bits per heavy atom. The Balaban J connectivity index is 2.03. The van der Waals surface area contributed by atoms with Crippen molar-refractivity contribution in [1.82, 2.24) is 4.98 Å². The van der Waals surface area contributed by atoms with Crippen molar-refractivity contribution in [2.75, 3.05) is 13.4 Å². The summed E-state index contributed by atoms with van der Waals surface area (Å²) in [6.07, 6.45) is 0. The number of carbonyl (C=O) groups excluding carboxylic acids is 1. The summed E-state index contributed by atoms with van der Waals surface area (Å²) in [6, 6.07) is 5.59. The van der Waals surface area contributed by atoms with E-state index in [-0.39, 0.29) is 6.79 Å². The van der Waals surface area contributed by atoms with E-state index in [0.29, 0.717) is 23.8 Å². The van der Waals surface area contributed by atoms with Crippen molar-refractivity contribution in [2.24, 2.45) is 0 Å². The van der Waals surface area contributed by atoms with Crippen LogP contribution >= 0.6 is 11.3 Å². The highest BCUT2D eigenvalue weighted by Crippen LogP contribution is 2.38. The lowest BCUT2D eigenvalue weighted by Crippen LogP contribution is -2.06. The van der Waals surface area contributed by atoms with Crippen LogP contribution in [0.4, 0.5) is 0 Å². The largest absolute Gasteiger partial charge is 0.461 e. The molecule has 0 saturated carbocycles. The van der Waals surface area contributed by atoms with E-state index >= 15 is 0 Å². The second-order valence-corrected chi connectivity index (χ2v) is 5.40. The van der Waals surface area contributed by atoms with Crippen molar-refractivity contribution in [3.8, 4) is 21.9 Å². The smallest absolute Gasteiger partial charge is 0.358 e. The Morgan fingerprint density at radius 2 is 2.20 bits per heavy atom. The Kier molecular flexibility index (Phi) is 3.31. The first-order valence-electron chi connectivity index (χ1n) is 6.23. The molecule has 3 rings (SSSR count). The Morgan fingerprint density at radius 3 is 3.00 bits per heavy atom. The van der Waals surface area contributed by atoms with Crippen LogP contribution in [0.25, 0.3) is 10.4 Å². The highest BCUT2D eigenvalue weighted by Gasteiger charge is 2.21. The molecule has 2 heterocycles. The fraction of sp³-hybridized carbons (Fsp3) is 0.286. The molecule has 0 saturated heterocycles. The van der Waals surface area contributed by atoms with Gasteiger partial charge >= 0.3 is 5.97 Å². The molecule has 0 aliphatic carbocycles. The maximum Gasteiger partial charge on any atom is 0.358 e. The maximum absolute atomic E-state index is 12.0. The summed E-state index contributed by atoms with van der Waals surface area (Å²) in [5, 5.41) is 0.820. The number of nitrogens with zero attached hydrogens (tertiary/aromatic N) is 1. The summed E-state index contributed by atoms with van der Waals surface area (Å²) in [5.41, 5.74) is 1.23. The van der Waals surface area contributed by atoms with Gasteiger partial charge in [0.15, 0.2) is 17.2 Å². The molecular formula is C14H13NO4S. The number of benzene rings is 1. The number of rotatable bonds is 3. The minimum absolute atomic E-state index is 0.227. The molecule has 0 bridgehead atoms. The molecule has 0 spiro atoms. The van der Waals surface area contributed by atoms with Crippen molar-refractivity contribution < 1.29 is 19.0 Å². The van der Waals surface area contributed by atoms with Crippen LogP contribution < -0.4 is 9.47 Å². The lowest BCUT2D eigenvalue weighted by atomic mass is 10.1. The number of esters is 1. The molecule has 0 unspecified atom stereocenters. The summed E-state index contributed by atoms with van der Waals surface area (Å²) in [5.74, 6) is 1.00. The topological polar surface area (TPSA) is 57.7 Å². The van der Waals surface area contributed by atoms with E-state index in [1.54, 1.807) is 6.92 Å². The minimum Gasteiger partial charge on any atom is -0.461 e. The van der Waals surface area contributed by atoms with Crippen LogP contribution in [0.3, 0.4) is 0 Å². The Labute approximate surface area is 120 Å². The van der Waals surface area contributed by atoms with Crippen LogP contribution in [0.5, 0.6) is 11.5 Å². The number of aromatic nitrogens is 1. The zero-order chi connectivity index (χ0) is 14.1. The molecule has 0 amide bonds. The van der Waals surface area contributed by atoms with E-state index in [9.17, 15) is 4.79 Å². The highest BCUT2D eigenvalue weighted by molar-refractivity contribution is 7.15. The zero-order valence-electron chi connectivity index (χ0n) is 11.1. The van der Waals surface area contributed by atoms with Gasteiger partial charge in [-0.2, -0.15) is 0 Å². The second-order valence-electron chi connectivity index (χ2n) is 4.20. The number of carbonyl (C=O) groups is 1. The third-order valence-corrected chi connectivity index (χ3v) is 3.86. The predicted molar refractivity (Wildman–Crippen MR) is 74.4 cm³/mol. The van der Waals surface area contributed by atoms with E-state index in [1.807, 2.05) is 25.1 Å². The van der Waals surface area contributed by atoms with Gasteiger partial charge in [-0.15, -0.1) is 11.3 Å². The van der Waals surface area contributed by atoms with Gasteiger partial charge in [0.1, 0.15) is 0 Å². The van der Waals surface area contributed by atoms with Crippen molar-refractivity contribution >= 4 is 17.3 Å². The van der Waals surface area contributed by atoms with Gasteiger partial charge in [-0.1, -0.05) is 0 Å². The molecule has 1 aliphatic rings. The first kappa shape index (κ1) is 12.9. The first-order chi connectivity index (χ1) is 9.69. The normalized spacial score (nSPS) is 12.5. The number of aryl methyl sites for hydroxylation is 1. The van der Waals surface area contributed by atoms with Gasteiger partial charge in [-0.05, 0) is 37.6 Å². The number of hydrogen-bond acceptors (Lipinski definition) is 6. The maximum atomic E-state index is 12.0. The van der Waals surface area contributed by atoms with Crippen LogP contribution in [0.15, 0.2) is 18.2 Å². The Hall–Kier alpha value is -2.08. The van der Waals surface area contributed by atoms with Crippen molar-refractivity contribution in [1.29, 1.82) is 0 Å². The molecule has 0 fully saturated rings. The fourth-order valence-corrected chi connectivity index (χ4v) is 2.90. The molecule has 6 heteroatoms. The lowest BCUT2D eigenvalue weighted by Gasteiger charge is -2.03. The molecule has 104 valence electrons. The van der Waals surface area contributed by atoms with E-state index in [1.165, 1.54) is 11.3 Å². The summed E-state index contributed by atoms with van der Waals surface area (Å²) in [7, 11) is 0. The molecule has 2 aromatic rings. The number of thiazole rings is 1. The number of ether oxygens (including phenoxy) is 3. The van der Waals surface area contributed by atoms with Gasteiger partial charge in [0, 0.05) is 0 Å². The average molecular weight is 291 g/mol. The molecule has 1 aromatic heterocycles. The van der Waals surface area contributed by atoms with Gasteiger partial charge in [-0.25, -0.2) is 9.78 Å². The summed E-state index contributed by atoms with van der Waals surface area (Å²) < 4.78 is 15.7. The molecule has 20 heavy (non-hydrogen) atoms. The molecule has 0 atom stereocenters. The standard InChI is InChI=1S/C14H13NO4S/c1-3-17-14(16)12-13(20-8(2)15-12)9-4-5-10-11(6-9)19-7-18-10/h4-6H,3,7H2,1-2H3. The fourth-order valence-electron chi connectivity index (χ4n) is 2.00. The summed E-state index contributed by atoms with van der Waals surface area (Å²) >= 11 is 1.46.